The van der Waals surface area contributed by atoms with Gasteiger partial charge < -0.3 is 15.2 Å². The Balaban J connectivity index is 1.47. The molecule has 1 aliphatic heterocycles. The molecule has 2 heterocycles. The van der Waals surface area contributed by atoms with Crippen molar-refractivity contribution < 1.29 is 0 Å². The van der Waals surface area contributed by atoms with Crippen molar-refractivity contribution in [3.63, 3.8) is 0 Å². The molecule has 0 aliphatic carbocycles. The highest BCUT2D eigenvalue weighted by Crippen LogP contribution is 2.15. The van der Waals surface area contributed by atoms with E-state index in [0.29, 0.717) is 6.04 Å². The fourth-order valence-electron chi connectivity index (χ4n) is 2.92. The number of hydrogen-bond donors (Lipinski definition) is 2. The predicted octanol–water partition coefficient (Wildman–Crippen LogP) is 2.37. The summed E-state index contributed by atoms with van der Waals surface area (Å²) in [5, 5.41) is 8.44. The minimum absolute atomic E-state index is 0.676. The highest BCUT2D eigenvalue weighted by Gasteiger charge is 2.11. The Hall–Kier alpha value is -1.32. The summed E-state index contributed by atoms with van der Waals surface area (Å²) in [7, 11) is 0. The van der Waals surface area contributed by atoms with E-state index in [2.05, 4.69) is 51.7 Å². The Bertz CT molecular complexity index is 511. The van der Waals surface area contributed by atoms with Crippen LogP contribution in [-0.4, -0.2) is 30.2 Å². The Labute approximate surface area is 115 Å². The van der Waals surface area contributed by atoms with E-state index in [4.69, 9.17) is 0 Å². The van der Waals surface area contributed by atoms with Crippen molar-refractivity contribution in [2.24, 2.45) is 0 Å². The van der Waals surface area contributed by atoms with Crippen LogP contribution >= 0.6 is 0 Å². The molecule has 1 aliphatic rings. The molecule has 1 aromatic carbocycles. The van der Waals surface area contributed by atoms with E-state index in [-0.39, 0.29) is 0 Å². The van der Waals surface area contributed by atoms with E-state index >= 15 is 0 Å². The molecule has 19 heavy (non-hydrogen) atoms. The lowest BCUT2D eigenvalue weighted by Gasteiger charge is -2.23. The number of rotatable bonds is 5. The van der Waals surface area contributed by atoms with Crippen LogP contribution in [0.3, 0.4) is 0 Å². The molecule has 1 fully saturated rings. The maximum absolute atomic E-state index is 3.66. The van der Waals surface area contributed by atoms with Crippen LogP contribution in [0.25, 0.3) is 10.9 Å². The minimum Gasteiger partial charge on any atom is -0.347 e. The lowest BCUT2D eigenvalue weighted by atomic mass is 10.1. The topological polar surface area (TPSA) is 29.0 Å². The van der Waals surface area contributed by atoms with Gasteiger partial charge in [0.2, 0.25) is 0 Å². The Morgan fingerprint density at radius 1 is 1.26 bits per heavy atom. The molecule has 2 aromatic rings. The van der Waals surface area contributed by atoms with Crippen molar-refractivity contribution in [3.8, 4) is 0 Å². The third-order valence-corrected chi connectivity index (χ3v) is 3.99. The first-order valence-corrected chi connectivity index (χ1v) is 7.41. The smallest absolute Gasteiger partial charge is 0.0480 e. The molecule has 1 aromatic heterocycles. The van der Waals surface area contributed by atoms with Crippen molar-refractivity contribution in [2.75, 3.05) is 19.6 Å². The van der Waals surface area contributed by atoms with E-state index in [1.165, 1.54) is 36.7 Å². The Morgan fingerprint density at radius 2 is 2.21 bits per heavy atom. The number of fused-ring (bicyclic) bond motifs is 1. The summed E-state index contributed by atoms with van der Waals surface area (Å²) in [4.78, 5) is 0. The molecule has 2 N–H and O–H groups in total. The summed E-state index contributed by atoms with van der Waals surface area (Å²) in [5.74, 6) is 0. The van der Waals surface area contributed by atoms with Gasteiger partial charge >= 0.3 is 0 Å². The molecule has 0 spiro atoms. The first-order chi connectivity index (χ1) is 9.43. The molecule has 0 saturated carbocycles. The Kier molecular flexibility index (Phi) is 4.16. The first-order valence-electron chi connectivity index (χ1n) is 7.41. The summed E-state index contributed by atoms with van der Waals surface area (Å²) in [5.41, 5.74) is 1.35. The zero-order valence-corrected chi connectivity index (χ0v) is 11.4. The highest BCUT2D eigenvalue weighted by atomic mass is 15.0. The molecule has 1 saturated heterocycles. The van der Waals surface area contributed by atoms with Crippen molar-refractivity contribution in [1.29, 1.82) is 0 Å². The van der Waals surface area contributed by atoms with Crippen LogP contribution in [0.1, 0.15) is 19.3 Å². The van der Waals surface area contributed by atoms with Gasteiger partial charge in [0, 0.05) is 30.8 Å². The third-order valence-electron chi connectivity index (χ3n) is 3.99. The molecule has 0 bridgehead atoms. The predicted molar refractivity (Wildman–Crippen MR) is 80.4 cm³/mol. The number of aromatic nitrogens is 1. The standard InChI is InChI=1S/C16H23N3/c1-2-7-16-14(5-1)8-12-19(16)11-4-10-18-15-6-3-9-17-13-15/h1-2,5,7-8,12,15,17-18H,3-4,6,9-11,13H2. The number of nitrogens with zero attached hydrogens (tertiary/aromatic N) is 1. The van der Waals surface area contributed by atoms with Crippen LogP contribution in [0.4, 0.5) is 0 Å². The fourth-order valence-corrected chi connectivity index (χ4v) is 2.92. The van der Waals surface area contributed by atoms with Gasteiger partial charge in [-0.2, -0.15) is 0 Å². The molecule has 0 radical (unpaired) electrons. The second kappa shape index (κ2) is 6.22. The lowest BCUT2D eigenvalue weighted by molar-refractivity contribution is 0.385. The van der Waals surface area contributed by atoms with Gasteiger partial charge in [0.25, 0.3) is 0 Å². The molecule has 3 rings (SSSR count). The van der Waals surface area contributed by atoms with Crippen LogP contribution in [-0.2, 0) is 6.54 Å². The van der Waals surface area contributed by atoms with Crippen molar-refractivity contribution in [2.45, 2.75) is 31.8 Å². The van der Waals surface area contributed by atoms with Crippen LogP contribution < -0.4 is 10.6 Å². The summed E-state index contributed by atoms with van der Waals surface area (Å²) in [6.45, 7) is 4.53. The van der Waals surface area contributed by atoms with Gasteiger partial charge in [-0.1, -0.05) is 18.2 Å². The molecule has 1 unspecified atom stereocenters. The van der Waals surface area contributed by atoms with E-state index in [9.17, 15) is 0 Å². The van der Waals surface area contributed by atoms with Gasteiger partial charge in [0.1, 0.15) is 0 Å². The number of piperidine rings is 1. The summed E-state index contributed by atoms with van der Waals surface area (Å²) in [6.07, 6.45) is 6.02. The number of hydrogen-bond acceptors (Lipinski definition) is 2. The number of benzene rings is 1. The fraction of sp³-hybridized carbons (Fsp3) is 0.500. The van der Waals surface area contributed by atoms with Crippen LogP contribution in [0.5, 0.6) is 0 Å². The second-order valence-electron chi connectivity index (χ2n) is 5.42. The van der Waals surface area contributed by atoms with Gasteiger partial charge in [-0.05, 0) is 49.9 Å². The third kappa shape index (κ3) is 3.17. The average Bonchev–Trinajstić information content (AvgIpc) is 2.88. The maximum Gasteiger partial charge on any atom is 0.0480 e. The van der Waals surface area contributed by atoms with Crippen LogP contribution in [0, 0.1) is 0 Å². The van der Waals surface area contributed by atoms with E-state index in [0.717, 1.165) is 19.6 Å². The SMILES string of the molecule is c1ccc2c(c1)ccn2CCCNC1CCCNC1. The Morgan fingerprint density at radius 3 is 3.11 bits per heavy atom. The molecular formula is C16H23N3. The zero-order valence-electron chi connectivity index (χ0n) is 11.4. The zero-order chi connectivity index (χ0) is 12.9. The first kappa shape index (κ1) is 12.7. The summed E-state index contributed by atoms with van der Waals surface area (Å²) < 4.78 is 2.36. The number of para-hydroxylation sites is 1. The minimum atomic E-state index is 0.676. The maximum atomic E-state index is 3.66. The summed E-state index contributed by atoms with van der Waals surface area (Å²) >= 11 is 0. The number of nitrogens with one attached hydrogen (secondary N) is 2. The van der Waals surface area contributed by atoms with E-state index in [1.54, 1.807) is 0 Å². The van der Waals surface area contributed by atoms with E-state index in [1.807, 2.05) is 0 Å². The van der Waals surface area contributed by atoms with Crippen LogP contribution in [0.15, 0.2) is 36.5 Å². The highest BCUT2D eigenvalue weighted by molar-refractivity contribution is 5.79. The number of aryl methyl sites for hydroxylation is 1. The average molecular weight is 257 g/mol. The lowest BCUT2D eigenvalue weighted by Crippen LogP contribution is -2.43. The van der Waals surface area contributed by atoms with Crippen molar-refractivity contribution in [3.05, 3.63) is 36.5 Å². The largest absolute Gasteiger partial charge is 0.347 e. The molecule has 1 atom stereocenters. The molecule has 3 heteroatoms. The normalized spacial score (nSPS) is 19.9. The quantitative estimate of drug-likeness (QED) is 0.805. The molecular weight excluding hydrogens is 234 g/mol. The summed E-state index contributed by atoms with van der Waals surface area (Å²) in [6, 6.07) is 11.5. The second-order valence-corrected chi connectivity index (χ2v) is 5.42. The van der Waals surface area contributed by atoms with Crippen LogP contribution in [0.2, 0.25) is 0 Å². The van der Waals surface area contributed by atoms with Crippen molar-refractivity contribution in [1.82, 2.24) is 15.2 Å². The van der Waals surface area contributed by atoms with Gasteiger partial charge in [-0.3, -0.25) is 0 Å². The molecule has 0 amide bonds. The monoisotopic (exact) mass is 257 g/mol. The van der Waals surface area contributed by atoms with Gasteiger partial charge in [-0.15, -0.1) is 0 Å². The van der Waals surface area contributed by atoms with Gasteiger partial charge in [0.15, 0.2) is 0 Å². The van der Waals surface area contributed by atoms with E-state index < -0.39 is 0 Å². The van der Waals surface area contributed by atoms with Crippen molar-refractivity contribution >= 4 is 10.9 Å². The van der Waals surface area contributed by atoms with Gasteiger partial charge in [0.05, 0.1) is 0 Å². The molecule has 3 nitrogen and oxygen atoms in total. The molecule has 102 valence electrons. The van der Waals surface area contributed by atoms with Gasteiger partial charge in [-0.25, -0.2) is 0 Å².